The van der Waals surface area contributed by atoms with Crippen LogP contribution in [0.4, 0.5) is 0 Å². The number of nitrogens with one attached hydrogen (secondary N) is 1. The number of methoxy groups -OCH3 is 1. The standard InChI is InChI=1S/C13H17NO5/c1-19-10-4-2-9(3-5-10)8-12(16)14-11(6-7-15)13(17)18/h2-5,11,15H,6-8H2,1H3,(H,14,16)(H,17,18)/t11-/m0/s1. The van der Waals surface area contributed by atoms with E-state index in [1.165, 1.54) is 0 Å². The lowest BCUT2D eigenvalue weighted by molar-refractivity contribution is -0.142. The minimum atomic E-state index is -1.16. The van der Waals surface area contributed by atoms with Crippen molar-refractivity contribution in [3.05, 3.63) is 29.8 Å². The van der Waals surface area contributed by atoms with Gasteiger partial charge in [-0.15, -0.1) is 0 Å². The molecule has 0 radical (unpaired) electrons. The van der Waals surface area contributed by atoms with Crippen molar-refractivity contribution in [2.24, 2.45) is 0 Å². The van der Waals surface area contributed by atoms with Crippen LogP contribution in [-0.4, -0.2) is 41.8 Å². The molecule has 0 fully saturated rings. The molecule has 0 saturated heterocycles. The molecule has 3 N–H and O–H groups in total. The normalized spacial score (nSPS) is 11.7. The minimum Gasteiger partial charge on any atom is -0.497 e. The molecule has 1 aromatic carbocycles. The molecule has 0 spiro atoms. The molecule has 0 aromatic heterocycles. The van der Waals surface area contributed by atoms with E-state index in [4.69, 9.17) is 14.9 Å². The molecule has 6 heteroatoms. The molecule has 0 bridgehead atoms. The molecule has 0 aliphatic rings. The highest BCUT2D eigenvalue weighted by atomic mass is 16.5. The second kappa shape index (κ2) is 7.38. The third-order valence-electron chi connectivity index (χ3n) is 2.57. The number of carboxylic acid groups (broad SMARTS) is 1. The van der Waals surface area contributed by atoms with Gasteiger partial charge in [-0.1, -0.05) is 12.1 Å². The minimum absolute atomic E-state index is 0.0102. The molecule has 0 heterocycles. The smallest absolute Gasteiger partial charge is 0.326 e. The Morgan fingerprint density at radius 1 is 1.32 bits per heavy atom. The number of aliphatic carboxylic acids is 1. The van der Waals surface area contributed by atoms with E-state index in [-0.39, 0.29) is 19.4 Å². The van der Waals surface area contributed by atoms with Gasteiger partial charge in [0.15, 0.2) is 0 Å². The van der Waals surface area contributed by atoms with E-state index < -0.39 is 17.9 Å². The van der Waals surface area contributed by atoms with Crippen molar-refractivity contribution in [3.63, 3.8) is 0 Å². The van der Waals surface area contributed by atoms with Crippen LogP contribution in [-0.2, 0) is 16.0 Å². The lowest BCUT2D eigenvalue weighted by atomic mass is 10.1. The fraction of sp³-hybridized carbons (Fsp3) is 0.385. The van der Waals surface area contributed by atoms with E-state index in [0.717, 1.165) is 5.56 Å². The number of carbonyl (C=O) groups is 2. The summed E-state index contributed by atoms with van der Waals surface area (Å²) in [6, 6.07) is 5.87. The first-order valence-corrected chi connectivity index (χ1v) is 5.82. The monoisotopic (exact) mass is 267 g/mol. The third kappa shape index (κ3) is 4.97. The number of benzene rings is 1. The van der Waals surface area contributed by atoms with Crippen LogP contribution >= 0.6 is 0 Å². The molecule has 0 saturated carbocycles. The largest absolute Gasteiger partial charge is 0.497 e. The Morgan fingerprint density at radius 3 is 2.42 bits per heavy atom. The van der Waals surface area contributed by atoms with E-state index in [0.29, 0.717) is 5.75 Å². The summed E-state index contributed by atoms with van der Waals surface area (Å²) >= 11 is 0. The summed E-state index contributed by atoms with van der Waals surface area (Å²) in [6.45, 7) is -0.292. The Morgan fingerprint density at radius 2 is 1.95 bits per heavy atom. The maximum atomic E-state index is 11.7. The van der Waals surface area contributed by atoms with Crippen molar-refractivity contribution in [3.8, 4) is 5.75 Å². The molecule has 1 amide bonds. The van der Waals surface area contributed by atoms with Crippen LogP contribution in [0.3, 0.4) is 0 Å². The topological polar surface area (TPSA) is 95.9 Å². The van der Waals surface area contributed by atoms with Crippen molar-refractivity contribution in [1.29, 1.82) is 0 Å². The van der Waals surface area contributed by atoms with Gasteiger partial charge in [0, 0.05) is 13.0 Å². The summed E-state index contributed by atoms with van der Waals surface area (Å²) in [5.41, 5.74) is 0.756. The van der Waals surface area contributed by atoms with E-state index in [1.807, 2.05) is 0 Å². The van der Waals surface area contributed by atoms with Crippen molar-refractivity contribution >= 4 is 11.9 Å². The predicted molar refractivity (Wildman–Crippen MR) is 68.0 cm³/mol. The van der Waals surface area contributed by atoms with Crippen molar-refractivity contribution < 1.29 is 24.5 Å². The fourth-order valence-electron chi connectivity index (χ4n) is 1.56. The quantitative estimate of drug-likeness (QED) is 0.655. The summed E-state index contributed by atoms with van der Waals surface area (Å²) in [6.07, 6.45) is 0.0723. The van der Waals surface area contributed by atoms with Crippen LogP contribution in [0, 0.1) is 0 Å². The van der Waals surface area contributed by atoms with Gasteiger partial charge in [-0.3, -0.25) is 4.79 Å². The predicted octanol–water partition coefficient (Wildman–Crippen LogP) is 0.189. The Kier molecular flexibility index (Phi) is 5.81. The molecule has 0 aliphatic heterocycles. The van der Waals surface area contributed by atoms with E-state index in [2.05, 4.69) is 5.32 Å². The molecule has 6 nitrogen and oxygen atoms in total. The first-order valence-electron chi connectivity index (χ1n) is 5.82. The molecule has 0 unspecified atom stereocenters. The lowest BCUT2D eigenvalue weighted by Crippen LogP contribution is -2.42. The number of aliphatic hydroxyl groups is 1. The second-order valence-corrected chi connectivity index (χ2v) is 4.00. The summed E-state index contributed by atoms with van der Waals surface area (Å²) in [7, 11) is 1.55. The number of amides is 1. The van der Waals surface area contributed by atoms with Gasteiger partial charge < -0.3 is 20.3 Å². The summed E-state index contributed by atoms with van der Waals surface area (Å²) in [5, 5.41) is 19.9. The summed E-state index contributed by atoms with van der Waals surface area (Å²) in [5.74, 6) is -0.865. The van der Waals surface area contributed by atoms with Crippen molar-refractivity contribution in [1.82, 2.24) is 5.32 Å². The Balaban J connectivity index is 2.55. The van der Waals surface area contributed by atoms with Gasteiger partial charge in [0.2, 0.25) is 5.91 Å². The molecular formula is C13H17NO5. The van der Waals surface area contributed by atoms with Gasteiger partial charge in [-0.05, 0) is 17.7 Å². The fourth-order valence-corrected chi connectivity index (χ4v) is 1.56. The van der Waals surface area contributed by atoms with Crippen LogP contribution in [0.25, 0.3) is 0 Å². The molecule has 1 aromatic rings. The molecule has 0 aliphatic carbocycles. The van der Waals surface area contributed by atoms with Gasteiger partial charge in [0.05, 0.1) is 13.5 Å². The SMILES string of the molecule is COc1ccc(CC(=O)N[C@@H](CCO)C(=O)O)cc1. The Bertz CT molecular complexity index is 429. The Labute approximate surface area is 111 Å². The van der Waals surface area contributed by atoms with Crippen LogP contribution in [0.1, 0.15) is 12.0 Å². The van der Waals surface area contributed by atoms with Crippen LogP contribution in [0.15, 0.2) is 24.3 Å². The van der Waals surface area contributed by atoms with Crippen LogP contribution in [0.5, 0.6) is 5.75 Å². The number of ether oxygens (including phenoxy) is 1. The second-order valence-electron chi connectivity index (χ2n) is 4.00. The van der Waals surface area contributed by atoms with Gasteiger partial charge in [0.1, 0.15) is 11.8 Å². The highest BCUT2D eigenvalue weighted by Crippen LogP contribution is 2.11. The number of aliphatic hydroxyl groups excluding tert-OH is 1. The molecule has 104 valence electrons. The van der Waals surface area contributed by atoms with Crippen LogP contribution < -0.4 is 10.1 Å². The molecule has 19 heavy (non-hydrogen) atoms. The summed E-state index contributed by atoms with van der Waals surface area (Å²) < 4.78 is 5.00. The number of hydrogen-bond acceptors (Lipinski definition) is 4. The third-order valence-corrected chi connectivity index (χ3v) is 2.57. The number of rotatable bonds is 7. The average Bonchev–Trinajstić information content (AvgIpc) is 2.39. The first kappa shape index (κ1) is 15.0. The van der Waals surface area contributed by atoms with E-state index in [9.17, 15) is 9.59 Å². The highest BCUT2D eigenvalue weighted by molar-refractivity contribution is 5.84. The zero-order valence-corrected chi connectivity index (χ0v) is 10.6. The maximum absolute atomic E-state index is 11.7. The Hall–Kier alpha value is -2.08. The number of carboxylic acids is 1. The lowest BCUT2D eigenvalue weighted by Gasteiger charge is -2.13. The van der Waals surface area contributed by atoms with E-state index in [1.54, 1.807) is 31.4 Å². The van der Waals surface area contributed by atoms with Crippen LogP contribution in [0.2, 0.25) is 0 Å². The van der Waals surface area contributed by atoms with Crippen molar-refractivity contribution in [2.75, 3.05) is 13.7 Å². The molecular weight excluding hydrogens is 250 g/mol. The van der Waals surface area contributed by atoms with E-state index >= 15 is 0 Å². The maximum Gasteiger partial charge on any atom is 0.326 e. The number of hydrogen-bond donors (Lipinski definition) is 3. The molecule has 1 rings (SSSR count). The van der Waals surface area contributed by atoms with Gasteiger partial charge in [-0.25, -0.2) is 4.79 Å². The first-order chi connectivity index (χ1) is 9.06. The summed E-state index contributed by atoms with van der Waals surface area (Å²) in [4.78, 5) is 22.5. The van der Waals surface area contributed by atoms with Gasteiger partial charge >= 0.3 is 5.97 Å². The molecule has 1 atom stereocenters. The highest BCUT2D eigenvalue weighted by Gasteiger charge is 2.19. The van der Waals surface area contributed by atoms with Gasteiger partial charge in [0.25, 0.3) is 0 Å². The van der Waals surface area contributed by atoms with Crippen molar-refractivity contribution in [2.45, 2.75) is 18.9 Å². The zero-order chi connectivity index (χ0) is 14.3. The van der Waals surface area contributed by atoms with Gasteiger partial charge in [-0.2, -0.15) is 0 Å². The number of carbonyl (C=O) groups excluding carboxylic acids is 1. The average molecular weight is 267 g/mol. The zero-order valence-electron chi connectivity index (χ0n) is 10.6.